The molecule has 11 heavy (non-hydrogen) atoms. The molecule has 0 aromatic rings. The van der Waals surface area contributed by atoms with Crippen molar-refractivity contribution >= 4 is 5.71 Å². The van der Waals surface area contributed by atoms with Gasteiger partial charge in [0.25, 0.3) is 0 Å². The summed E-state index contributed by atoms with van der Waals surface area (Å²) in [6.45, 7) is 6.65. The summed E-state index contributed by atoms with van der Waals surface area (Å²) in [6.07, 6.45) is 5.48. The number of aliphatic imine (C=N–C) groups is 1. The SMILES string of the molecule is C=CCNCCC1=NCCC1. The topological polar surface area (TPSA) is 24.4 Å². The Morgan fingerprint density at radius 1 is 1.64 bits per heavy atom. The van der Waals surface area contributed by atoms with Crippen molar-refractivity contribution in [1.82, 2.24) is 5.32 Å². The molecule has 0 bridgehead atoms. The highest BCUT2D eigenvalue weighted by Gasteiger charge is 2.04. The van der Waals surface area contributed by atoms with Crippen molar-refractivity contribution in [3.63, 3.8) is 0 Å². The second-order valence-corrected chi connectivity index (χ2v) is 2.79. The zero-order valence-electron chi connectivity index (χ0n) is 6.97. The second kappa shape index (κ2) is 5.08. The van der Waals surface area contributed by atoms with Crippen LogP contribution >= 0.6 is 0 Å². The molecule has 0 aliphatic carbocycles. The van der Waals surface area contributed by atoms with E-state index in [1.807, 2.05) is 6.08 Å². The third-order valence-corrected chi connectivity index (χ3v) is 1.84. The average Bonchev–Trinajstić information content (AvgIpc) is 2.50. The Balaban J connectivity index is 1.98. The number of hydrogen-bond acceptors (Lipinski definition) is 2. The summed E-state index contributed by atoms with van der Waals surface area (Å²) in [6, 6.07) is 0. The lowest BCUT2D eigenvalue weighted by atomic mass is 10.2. The maximum absolute atomic E-state index is 4.38. The van der Waals surface area contributed by atoms with E-state index in [9.17, 15) is 0 Å². The molecule has 0 radical (unpaired) electrons. The Morgan fingerprint density at radius 2 is 2.55 bits per heavy atom. The standard InChI is InChI=1S/C9H16N2/c1-2-6-10-8-5-9-4-3-7-11-9/h2,10H,1,3-8H2. The molecule has 0 amide bonds. The quantitative estimate of drug-likeness (QED) is 0.467. The molecule has 0 aromatic carbocycles. The summed E-state index contributed by atoms with van der Waals surface area (Å²) in [5, 5.41) is 3.26. The number of rotatable bonds is 5. The Kier molecular flexibility index (Phi) is 3.91. The first-order chi connectivity index (χ1) is 5.43. The maximum Gasteiger partial charge on any atom is 0.0392 e. The molecular weight excluding hydrogens is 136 g/mol. The van der Waals surface area contributed by atoms with Crippen molar-refractivity contribution < 1.29 is 0 Å². The predicted molar refractivity (Wildman–Crippen MR) is 49.2 cm³/mol. The van der Waals surface area contributed by atoms with Crippen LogP contribution in [0.2, 0.25) is 0 Å². The summed E-state index contributed by atoms with van der Waals surface area (Å²) < 4.78 is 0. The van der Waals surface area contributed by atoms with Gasteiger partial charge in [-0.15, -0.1) is 6.58 Å². The first-order valence-corrected chi connectivity index (χ1v) is 4.27. The fourth-order valence-corrected chi connectivity index (χ4v) is 1.24. The van der Waals surface area contributed by atoms with Gasteiger partial charge in [-0.3, -0.25) is 4.99 Å². The van der Waals surface area contributed by atoms with E-state index in [1.165, 1.54) is 18.6 Å². The summed E-state index contributed by atoms with van der Waals surface area (Å²) in [5.74, 6) is 0. The summed E-state index contributed by atoms with van der Waals surface area (Å²) in [5.41, 5.74) is 1.39. The van der Waals surface area contributed by atoms with E-state index in [0.717, 1.165) is 26.1 Å². The maximum atomic E-state index is 4.38. The van der Waals surface area contributed by atoms with Gasteiger partial charge in [0.15, 0.2) is 0 Å². The van der Waals surface area contributed by atoms with Crippen LogP contribution in [0.4, 0.5) is 0 Å². The van der Waals surface area contributed by atoms with E-state index >= 15 is 0 Å². The normalized spacial score (nSPS) is 16.5. The van der Waals surface area contributed by atoms with Gasteiger partial charge in [-0.25, -0.2) is 0 Å². The molecule has 1 N–H and O–H groups in total. The van der Waals surface area contributed by atoms with E-state index < -0.39 is 0 Å². The van der Waals surface area contributed by atoms with Crippen molar-refractivity contribution in [2.75, 3.05) is 19.6 Å². The molecule has 1 rings (SSSR count). The fourth-order valence-electron chi connectivity index (χ4n) is 1.24. The lowest BCUT2D eigenvalue weighted by molar-refractivity contribution is 0.766. The van der Waals surface area contributed by atoms with Crippen LogP contribution in [-0.2, 0) is 0 Å². The van der Waals surface area contributed by atoms with Crippen molar-refractivity contribution in [3.8, 4) is 0 Å². The first kappa shape index (κ1) is 8.47. The van der Waals surface area contributed by atoms with Crippen LogP contribution in [0.1, 0.15) is 19.3 Å². The lowest BCUT2D eigenvalue weighted by Crippen LogP contribution is -2.17. The fraction of sp³-hybridized carbons (Fsp3) is 0.667. The molecule has 0 atom stereocenters. The van der Waals surface area contributed by atoms with Crippen LogP contribution in [0, 0.1) is 0 Å². The zero-order valence-corrected chi connectivity index (χ0v) is 6.97. The first-order valence-electron chi connectivity index (χ1n) is 4.27. The molecule has 0 saturated heterocycles. The Labute approximate surface area is 68.4 Å². The molecule has 2 heteroatoms. The van der Waals surface area contributed by atoms with Gasteiger partial charge in [-0.2, -0.15) is 0 Å². The molecule has 2 nitrogen and oxygen atoms in total. The third kappa shape index (κ3) is 3.33. The van der Waals surface area contributed by atoms with Crippen LogP contribution in [-0.4, -0.2) is 25.3 Å². The van der Waals surface area contributed by atoms with E-state index in [2.05, 4.69) is 16.9 Å². The molecule has 62 valence electrons. The van der Waals surface area contributed by atoms with E-state index in [0.29, 0.717) is 0 Å². The molecular formula is C9H16N2. The van der Waals surface area contributed by atoms with Gasteiger partial charge in [0.1, 0.15) is 0 Å². The zero-order chi connectivity index (χ0) is 7.94. The Hall–Kier alpha value is -0.630. The summed E-state index contributed by atoms with van der Waals surface area (Å²) in [4.78, 5) is 4.38. The molecule has 0 fully saturated rings. The lowest BCUT2D eigenvalue weighted by Gasteiger charge is -2.00. The smallest absolute Gasteiger partial charge is 0.0392 e. The van der Waals surface area contributed by atoms with Gasteiger partial charge in [0, 0.05) is 25.3 Å². The molecule has 0 unspecified atom stereocenters. The largest absolute Gasteiger partial charge is 0.313 e. The average molecular weight is 152 g/mol. The second-order valence-electron chi connectivity index (χ2n) is 2.79. The van der Waals surface area contributed by atoms with Crippen LogP contribution in [0.15, 0.2) is 17.6 Å². The van der Waals surface area contributed by atoms with E-state index in [4.69, 9.17) is 0 Å². The summed E-state index contributed by atoms with van der Waals surface area (Å²) in [7, 11) is 0. The number of nitrogens with one attached hydrogen (secondary N) is 1. The van der Waals surface area contributed by atoms with Gasteiger partial charge in [0.2, 0.25) is 0 Å². The van der Waals surface area contributed by atoms with Gasteiger partial charge in [-0.1, -0.05) is 6.08 Å². The van der Waals surface area contributed by atoms with Crippen LogP contribution in [0.25, 0.3) is 0 Å². The van der Waals surface area contributed by atoms with Gasteiger partial charge >= 0.3 is 0 Å². The van der Waals surface area contributed by atoms with Crippen LogP contribution < -0.4 is 5.32 Å². The number of hydrogen-bond donors (Lipinski definition) is 1. The third-order valence-electron chi connectivity index (χ3n) is 1.84. The molecule has 1 heterocycles. The summed E-state index contributed by atoms with van der Waals surface area (Å²) >= 11 is 0. The van der Waals surface area contributed by atoms with Crippen LogP contribution in [0.3, 0.4) is 0 Å². The minimum Gasteiger partial charge on any atom is -0.313 e. The minimum atomic E-state index is 0.910. The van der Waals surface area contributed by atoms with Crippen molar-refractivity contribution in [3.05, 3.63) is 12.7 Å². The highest BCUT2D eigenvalue weighted by atomic mass is 14.9. The molecule has 0 saturated carbocycles. The van der Waals surface area contributed by atoms with Crippen molar-refractivity contribution in [2.24, 2.45) is 4.99 Å². The van der Waals surface area contributed by atoms with E-state index in [1.54, 1.807) is 0 Å². The predicted octanol–water partition coefficient (Wildman–Crippen LogP) is 1.39. The molecule has 0 aromatic heterocycles. The highest BCUT2D eigenvalue weighted by Crippen LogP contribution is 2.05. The molecule has 0 spiro atoms. The van der Waals surface area contributed by atoms with E-state index in [-0.39, 0.29) is 0 Å². The Morgan fingerprint density at radius 3 is 3.18 bits per heavy atom. The van der Waals surface area contributed by atoms with Gasteiger partial charge < -0.3 is 5.32 Å². The minimum absolute atomic E-state index is 0.910. The monoisotopic (exact) mass is 152 g/mol. The van der Waals surface area contributed by atoms with Crippen molar-refractivity contribution in [1.29, 1.82) is 0 Å². The van der Waals surface area contributed by atoms with Crippen LogP contribution in [0.5, 0.6) is 0 Å². The van der Waals surface area contributed by atoms with Gasteiger partial charge in [0.05, 0.1) is 0 Å². The van der Waals surface area contributed by atoms with Crippen molar-refractivity contribution in [2.45, 2.75) is 19.3 Å². The number of nitrogens with zero attached hydrogens (tertiary/aromatic N) is 1. The molecule has 1 aliphatic rings. The molecule has 1 aliphatic heterocycles. The highest BCUT2D eigenvalue weighted by molar-refractivity contribution is 5.85. The van der Waals surface area contributed by atoms with Gasteiger partial charge in [-0.05, 0) is 19.3 Å². The Bertz CT molecular complexity index is 150.